The van der Waals surface area contributed by atoms with E-state index in [2.05, 4.69) is 22.4 Å². The number of nitrogens with zero attached hydrogens (tertiary/aromatic N) is 3. The molecule has 3 aromatic rings. The molecule has 2 aromatic heterocycles. The Balaban J connectivity index is 1.53. The molecule has 154 valence electrons. The number of amides is 1. The van der Waals surface area contributed by atoms with Crippen molar-refractivity contribution in [1.82, 2.24) is 20.1 Å². The molecule has 0 bridgehead atoms. The highest BCUT2D eigenvalue weighted by Crippen LogP contribution is 2.30. The van der Waals surface area contributed by atoms with E-state index in [-0.39, 0.29) is 17.6 Å². The number of nitrogens with one attached hydrogen (secondary N) is 1. The lowest BCUT2D eigenvalue weighted by molar-refractivity contribution is -0.118. The summed E-state index contributed by atoms with van der Waals surface area (Å²) in [5.74, 6) is 1.14. The second-order valence-electron chi connectivity index (χ2n) is 6.56. The number of hydrogen-bond acceptors (Lipinski definition) is 5. The first kappa shape index (κ1) is 21.7. The van der Waals surface area contributed by atoms with Gasteiger partial charge in [0.25, 0.3) is 0 Å². The van der Waals surface area contributed by atoms with Crippen molar-refractivity contribution in [2.75, 3.05) is 12.3 Å². The fraction of sp³-hybridized carbons (Fsp3) is 0.350. The van der Waals surface area contributed by atoms with Crippen LogP contribution in [0.1, 0.15) is 37.0 Å². The standard InChI is InChI=1S/C20H22Cl2N4O2S/c1-2-4-14(17-7-6-15(21)9-18(17)22)10-23-19(27)12-29-20-25-24-13-26(20)11-16-5-3-8-28-16/h3,5-9,13-14H,2,4,10-12H2,1H3,(H,23,27). The summed E-state index contributed by atoms with van der Waals surface area (Å²) in [6.07, 6.45) is 5.17. The molecule has 9 heteroatoms. The van der Waals surface area contributed by atoms with Crippen LogP contribution in [0.5, 0.6) is 0 Å². The van der Waals surface area contributed by atoms with Gasteiger partial charge in [-0.3, -0.25) is 4.79 Å². The summed E-state index contributed by atoms with van der Waals surface area (Å²) in [6, 6.07) is 9.22. The van der Waals surface area contributed by atoms with Gasteiger partial charge in [0, 0.05) is 22.5 Å². The zero-order valence-corrected chi connectivity index (χ0v) is 18.3. The van der Waals surface area contributed by atoms with E-state index in [1.165, 1.54) is 11.8 Å². The molecule has 0 aliphatic carbocycles. The van der Waals surface area contributed by atoms with Crippen molar-refractivity contribution < 1.29 is 9.21 Å². The Morgan fingerprint density at radius 1 is 1.34 bits per heavy atom. The lowest BCUT2D eigenvalue weighted by atomic mass is 9.94. The molecule has 0 aliphatic rings. The first-order chi connectivity index (χ1) is 14.1. The fourth-order valence-electron chi connectivity index (χ4n) is 3.00. The Bertz CT molecular complexity index is 930. The van der Waals surface area contributed by atoms with Crippen LogP contribution in [0.25, 0.3) is 0 Å². The van der Waals surface area contributed by atoms with Crippen LogP contribution in [-0.2, 0) is 11.3 Å². The maximum atomic E-state index is 12.4. The minimum Gasteiger partial charge on any atom is -0.467 e. The SMILES string of the molecule is CCCC(CNC(=O)CSc1nncn1Cc1ccco1)c1ccc(Cl)cc1Cl. The molecule has 1 unspecified atom stereocenters. The van der Waals surface area contributed by atoms with E-state index < -0.39 is 0 Å². The number of thioether (sulfide) groups is 1. The first-order valence-corrected chi connectivity index (χ1v) is 11.1. The number of furan rings is 1. The predicted molar refractivity (Wildman–Crippen MR) is 116 cm³/mol. The van der Waals surface area contributed by atoms with Crippen LogP contribution in [0.2, 0.25) is 10.0 Å². The molecule has 0 saturated heterocycles. The van der Waals surface area contributed by atoms with Crippen LogP contribution in [0.3, 0.4) is 0 Å². The molecule has 1 N–H and O–H groups in total. The van der Waals surface area contributed by atoms with E-state index in [0.29, 0.717) is 28.3 Å². The summed E-state index contributed by atoms with van der Waals surface area (Å²) in [5, 5.41) is 12.9. The van der Waals surface area contributed by atoms with E-state index in [1.54, 1.807) is 18.7 Å². The fourth-order valence-corrected chi connectivity index (χ4v) is 4.31. The second kappa shape index (κ2) is 10.7. The smallest absolute Gasteiger partial charge is 0.230 e. The zero-order chi connectivity index (χ0) is 20.6. The number of hydrogen-bond donors (Lipinski definition) is 1. The van der Waals surface area contributed by atoms with Gasteiger partial charge in [-0.25, -0.2) is 0 Å². The quantitative estimate of drug-likeness (QED) is 0.437. The van der Waals surface area contributed by atoms with Crippen LogP contribution in [0, 0.1) is 0 Å². The van der Waals surface area contributed by atoms with Gasteiger partial charge in [-0.1, -0.05) is 54.4 Å². The highest BCUT2D eigenvalue weighted by Gasteiger charge is 2.16. The molecular formula is C20H22Cl2N4O2S. The minimum atomic E-state index is -0.0614. The van der Waals surface area contributed by atoms with E-state index in [4.69, 9.17) is 27.6 Å². The second-order valence-corrected chi connectivity index (χ2v) is 8.35. The molecular weight excluding hydrogens is 431 g/mol. The van der Waals surface area contributed by atoms with Gasteiger partial charge in [0.1, 0.15) is 12.1 Å². The largest absolute Gasteiger partial charge is 0.467 e. The molecule has 0 spiro atoms. The molecule has 1 amide bonds. The van der Waals surface area contributed by atoms with Crippen molar-refractivity contribution in [3.63, 3.8) is 0 Å². The highest BCUT2D eigenvalue weighted by molar-refractivity contribution is 7.99. The van der Waals surface area contributed by atoms with Gasteiger partial charge < -0.3 is 14.3 Å². The lowest BCUT2D eigenvalue weighted by Gasteiger charge is -2.19. The van der Waals surface area contributed by atoms with Crippen molar-refractivity contribution in [2.45, 2.75) is 37.4 Å². The molecule has 29 heavy (non-hydrogen) atoms. The lowest BCUT2D eigenvalue weighted by Crippen LogP contribution is -2.30. The van der Waals surface area contributed by atoms with Gasteiger partial charge in [0.05, 0.1) is 18.6 Å². The Labute approximate surface area is 184 Å². The van der Waals surface area contributed by atoms with Crippen LogP contribution >= 0.6 is 35.0 Å². The Morgan fingerprint density at radius 3 is 2.93 bits per heavy atom. The molecule has 6 nitrogen and oxygen atoms in total. The number of aromatic nitrogens is 3. The van der Waals surface area contributed by atoms with Crippen molar-refractivity contribution >= 4 is 40.9 Å². The Morgan fingerprint density at radius 2 is 2.21 bits per heavy atom. The molecule has 0 saturated carbocycles. The summed E-state index contributed by atoms with van der Waals surface area (Å²) in [5.41, 5.74) is 1.00. The molecule has 0 fully saturated rings. The van der Waals surface area contributed by atoms with Crippen LogP contribution in [0.15, 0.2) is 52.5 Å². The average molecular weight is 453 g/mol. The van der Waals surface area contributed by atoms with Crippen LogP contribution in [0.4, 0.5) is 0 Å². The number of carbonyl (C=O) groups excluding carboxylic acids is 1. The zero-order valence-electron chi connectivity index (χ0n) is 16.0. The topological polar surface area (TPSA) is 73.0 Å². The molecule has 1 aromatic carbocycles. The van der Waals surface area contributed by atoms with Crippen molar-refractivity contribution in [1.29, 1.82) is 0 Å². The van der Waals surface area contributed by atoms with Gasteiger partial charge in [0.15, 0.2) is 5.16 Å². The number of rotatable bonds is 10. The summed E-state index contributed by atoms with van der Waals surface area (Å²) in [6.45, 7) is 3.16. The molecule has 2 heterocycles. The Hall–Kier alpha value is -1.96. The van der Waals surface area contributed by atoms with Crippen LogP contribution < -0.4 is 5.32 Å². The third kappa shape index (κ3) is 6.26. The monoisotopic (exact) mass is 452 g/mol. The van der Waals surface area contributed by atoms with E-state index >= 15 is 0 Å². The van der Waals surface area contributed by atoms with E-state index in [9.17, 15) is 4.79 Å². The molecule has 1 atom stereocenters. The van der Waals surface area contributed by atoms with E-state index in [0.717, 1.165) is 24.2 Å². The summed E-state index contributed by atoms with van der Waals surface area (Å²) >= 11 is 13.7. The first-order valence-electron chi connectivity index (χ1n) is 9.31. The molecule has 3 rings (SSSR count). The number of benzene rings is 1. The summed E-state index contributed by atoms with van der Waals surface area (Å²) < 4.78 is 7.20. The summed E-state index contributed by atoms with van der Waals surface area (Å²) in [4.78, 5) is 12.4. The Kier molecular flexibility index (Phi) is 8.03. The maximum absolute atomic E-state index is 12.4. The third-order valence-electron chi connectivity index (χ3n) is 4.40. The van der Waals surface area contributed by atoms with Gasteiger partial charge in [-0.2, -0.15) is 0 Å². The predicted octanol–water partition coefficient (Wildman–Crippen LogP) is 5.02. The minimum absolute atomic E-state index is 0.0614. The van der Waals surface area contributed by atoms with Gasteiger partial charge in [-0.05, 0) is 36.2 Å². The third-order valence-corrected chi connectivity index (χ3v) is 5.95. The highest BCUT2D eigenvalue weighted by atomic mass is 35.5. The molecule has 0 aliphatic heterocycles. The normalized spacial score (nSPS) is 12.1. The van der Waals surface area contributed by atoms with E-state index in [1.807, 2.05) is 28.8 Å². The van der Waals surface area contributed by atoms with Gasteiger partial charge in [-0.15, -0.1) is 10.2 Å². The maximum Gasteiger partial charge on any atom is 0.230 e. The van der Waals surface area contributed by atoms with Crippen molar-refractivity contribution in [3.8, 4) is 0 Å². The average Bonchev–Trinajstić information content (AvgIpc) is 3.36. The van der Waals surface area contributed by atoms with Crippen molar-refractivity contribution in [3.05, 3.63) is 64.3 Å². The van der Waals surface area contributed by atoms with Gasteiger partial charge in [0.2, 0.25) is 5.91 Å². The molecule has 0 radical (unpaired) electrons. The van der Waals surface area contributed by atoms with Crippen molar-refractivity contribution in [2.24, 2.45) is 0 Å². The summed E-state index contributed by atoms with van der Waals surface area (Å²) in [7, 11) is 0. The van der Waals surface area contributed by atoms with Gasteiger partial charge >= 0.3 is 0 Å². The van der Waals surface area contributed by atoms with Crippen LogP contribution in [-0.4, -0.2) is 33.0 Å². The number of carbonyl (C=O) groups is 1. The number of halogens is 2.